The Kier molecular flexibility index (Phi) is 4.34. The number of hydrogen-bond donors (Lipinski definition) is 3. The second-order valence-electron chi connectivity index (χ2n) is 3.70. The average Bonchev–Trinajstić information content (AvgIpc) is 2.10. The molecule has 0 radical (unpaired) electrons. The van der Waals surface area contributed by atoms with E-state index in [0.717, 1.165) is 6.42 Å². The monoisotopic (exact) mass is 235 g/mol. The van der Waals surface area contributed by atoms with Crippen LogP contribution in [0.3, 0.4) is 0 Å². The Labute approximate surface area is 89.5 Å². The molecule has 0 aromatic heterocycles. The van der Waals surface area contributed by atoms with E-state index in [1.165, 1.54) is 0 Å². The summed E-state index contributed by atoms with van der Waals surface area (Å²) in [5, 5.41) is 5.52. The maximum atomic E-state index is 11.3. The second-order valence-corrected chi connectivity index (χ2v) is 5.93. The Morgan fingerprint density at radius 3 is 2.73 bits per heavy atom. The van der Waals surface area contributed by atoms with Crippen molar-refractivity contribution in [3.8, 4) is 0 Å². The molecule has 0 saturated carbocycles. The van der Waals surface area contributed by atoms with Crippen molar-refractivity contribution < 1.29 is 13.2 Å². The van der Waals surface area contributed by atoms with Crippen LogP contribution in [0, 0.1) is 0 Å². The zero-order valence-electron chi connectivity index (χ0n) is 8.53. The third-order valence-corrected chi connectivity index (χ3v) is 4.14. The van der Waals surface area contributed by atoms with Gasteiger partial charge in [-0.2, -0.15) is 0 Å². The topological polar surface area (TPSA) is 101 Å². The van der Waals surface area contributed by atoms with E-state index in [1.807, 2.05) is 0 Å². The van der Waals surface area contributed by atoms with E-state index in [1.54, 1.807) is 0 Å². The molecule has 1 aliphatic rings. The van der Waals surface area contributed by atoms with Gasteiger partial charge in [-0.25, -0.2) is 13.2 Å². The molecule has 1 unspecified atom stereocenters. The molecular formula is C8H17N3O3S. The molecule has 0 aliphatic carbocycles. The van der Waals surface area contributed by atoms with Crippen LogP contribution < -0.4 is 16.4 Å². The smallest absolute Gasteiger partial charge is 0.312 e. The molecule has 1 saturated heterocycles. The van der Waals surface area contributed by atoms with Gasteiger partial charge in [-0.15, -0.1) is 0 Å². The Morgan fingerprint density at radius 2 is 2.13 bits per heavy atom. The van der Waals surface area contributed by atoms with Gasteiger partial charge < -0.3 is 16.4 Å². The standard InChI is InChI=1S/C8H17N3O3S/c9-8(12)11-4-3-10-7-2-1-5-15(13,14)6-7/h7,10H,1-6H2,(H3,9,11,12). The number of nitrogens with one attached hydrogen (secondary N) is 2. The normalized spacial score (nSPS) is 24.7. The first-order chi connectivity index (χ1) is 6.99. The van der Waals surface area contributed by atoms with Crippen LogP contribution in [0.15, 0.2) is 0 Å². The largest absolute Gasteiger partial charge is 0.352 e. The highest BCUT2D eigenvalue weighted by atomic mass is 32.2. The summed E-state index contributed by atoms with van der Waals surface area (Å²) in [6.07, 6.45) is 1.58. The first-order valence-corrected chi connectivity index (χ1v) is 6.79. The quantitative estimate of drug-likeness (QED) is 0.534. The van der Waals surface area contributed by atoms with Gasteiger partial charge >= 0.3 is 6.03 Å². The fourth-order valence-corrected chi connectivity index (χ4v) is 3.32. The number of hydrogen-bond acceptors (Lipinski definition) is 4. The van der Waals surface area contributed by atoms with Crippen molar-refractivity contribution in [1.29, 1.82) is 0 Å². The van der Waals surface area contributed by atoms with E-state index >= 15 is 0 Å². The van der Waals surface area contributed by atoms with E-state index in [4.69, 9.17) is 5.73 Å². The van der Waals surface area contributed by atoms with Gasteiger partial charge in [0.2, 0.25) is 0 Å². The Balaban J connectivity index is 2.19. The van der Waals surface area contributed by atoms with Gasteiger partial charge in [-0.05, 0) is 12.8 Å². The highest BCUT2D eigenvalue weighted by Crippen LogP contribution is 2.11. The van der Waals surface area contributed by atoms with Gasteiger partial charge in [0.1, 0.15) is 0 Å². The molecule has 1 aliphatic heterocycles. The van der Waals surface area contributed by atoms with Crippen LogP contribution in [-0.2, 0) is 9.84 Å². The van der Waals surface area contributed by atoms with Gasteiger partial charge in [0.05, 0.1) is 11.5 Å². The van der Waals surface area contributed by atoms with Gasteiger partial charge in [0.25, 0.3) is 0 Å². The molecule has 15 heavy (non-hydrogen) atoms. The highest BCUT2D eigenvalue weighted by molar-refractivity contribution is 7.91. The van der Waals surface area contributed by atoms with Crippen LogP contribution in [0.1, 0.15) is 12.8 Å². The third-order valence-electron chi connectivity index (χ3n) is 2.32. The van der Waals surface area contributed by atoms with E-state index < -0.39 is 15.9 Å². The molecule has 0 aromatic rings. The predicted molar refractivity (Wildman–Crippen MR) is 57.3 cm³/mol. The third kappa shape index (κ3) is 4.98. The molecule has 2 amide bonds. The number of primary amides is 1. The number of nitrogens with two attached hydrogens (primary N) is 1. The molecule has 1 rings (SSSR count). The number of carbonyl (C=O) groups is 1. The number of sulfone groups is 1. The number of urea groups is 1. The summed E-state index contributed by atoms with van der Waals surface area (Å²) in [6.45, 7) is 0.967. The minimum absolute atomic E-state index is 0.0124. The Bertz CT molecular complexity index is 315. The number of carbonyl (C=O) groups excluding carboxylic acids is 1. The van der Waals surface area contributed by atoms with Crippen molar-refractivity contribution >= 4 is 15.9 Å². The lowest BCUT2D eigenvalue weighted by molar-refractivity contribution is 0.248. The van der Waals surface area contributed by atoms with Crippen molar-refractivity contribution in [2.75, 3.05) is 24.6 Å². The minimum Gasteiger partial charge on any atom is -0.352 e. The van der Waals surface area contributed by atoms with Crippen LogP contribution >= 0.6 is 0 Å². The van der Waals surface area contributed by atoms with Crippen molar-refractivity contribution in [1.82, 2.24) is 10.6 Å². The molecule has 7 heteroatoms. The second kappa shape index (κ2) is 5.32. The van der Waals surface area contributed by atoms with Gasteiger partial charge in [0, 0.05) is 19.1 Å². The summed E-state index contributed by atoms with van der Waals surface area (Å²) in [5.41, 5.74) is 4.88. The van der Waals surface area contributed by atoms with E-state index in [0.29, 0.717) is 25.3 Å². The maximum absolute atomic E-state index is 11.3. The molecular weight excluding hydrogens is 218 g/mol. The highest BCUT2D eigenvalue weighted by Gasteiger charge is 2.23. The van der Waals surface area contributed by atoms with Crippen molar-refractivity contribution in [3.63, 3.8) is 0 Å². The van der Waals surface area contributed by atoms with Gasteiger partial charge in [-0.3, -0.25) is 0 Å². The molecule has 1 fully saturated rings. The minimum atomic E-state index is -2.86. The van der Waals surface area contributed by atoms with Crippen LogP contribution in [0.5, 0.6) is 0 Å². The molecule has 88 valence electrons. The Hall–Kier alpha value is -0.820. The summed E-state index contributed by atoms with van der Waals surface area (Å²) in [7, 11) is -2.86. The summed E-state index contributed by atoms with van der Waals surface area (Å²) in [5.74, 6) is 0.494. The first-order valence-electron chi connectivity index (χ1n) is 4.97. The molecule has 1 atom stereocenters. The summed E-state index contributed by atoms with van der Waals surface area (Å²) >= 11 is 0. The molecule has 4 N–H and O–H groups in total. The molecule has 0 bridgehead atoms. The summed E-state index contributed by atoms with van der Waals surface area (Å²) in [4.78, 5) is 10.3. The molecule has 0 aromatic carbocycles. The fourth-order valence-electron chi connectivity index (χ4n) is 1.65. The summed E-state index contributed by atoms with van der Waals surface area (Å²) in [6, 6.07) is -0.550. The van der Waals surface area contributed by atoms with Crippen molar-refractivity contribution in [3.05, 3.63) is 0 Å². The lowest BCUT2D eigenvalue weighted by atomic mass is 10.2. The average molecular weight is 235 g/mol. The summed E-state index contributed by atoms with van der Waals surface area (Å²) < 4.78 is 22.5. The van der Waals surface area contributed by atoms with Gasteiger partial charge in [-0.1, -0.05) is 0 Å². The van der Waals surface area contributed by atoms with Crippen LogP contribution in [0.25, 0.3) is 0 Å². The number of rotatable bonds is 4. The van der Waals surface area contributed by atoms with Crippen molar-refractivity contribution in [2.24, 2.45) is 5.73 Å². The fraction of sp³-hybridized carbons (Fsp3) is 0.875. The zero-order chi connectivity index (χ0) is 11.3. The predicted octanol–water partition coefficient (Wildman–Crippen LogP) is -1.18. The first kappa shape index (κ1) is 12.3. The van der Waals surface area contributed by atoms with E-state index in [2.05, 4.69) is 10.6 Å². The molecule has 6 nitrogen and oxygen atoms in total. The van der Waals surface area contributed by atoms with Gasteiger partial charge in [0.15, 0.2) is 9.84 Å². The molecule has 1 heterocycles. The Morgan fingerprint density at radius 1 is 1.40 bits per heavy atom. The van der Waals surface area contributed by atoms with Crippen LogP contribution in [0.2, 0.25) is 0 Å². The van der Waals surface area contributed by atoms with E-state index in [9.17, 15) is 13.2 Å². The van der Waals surface area contributed by atoms with Crippen molar-refractivity contribution in [2.45, 2.75) is 18.9 Å². The lowest BCUT2D eigenvalue weighted by Gasteiger charge is -2.22. The SMILES string of the molecule is NC(=O)NCCNC1CCCS(=O)(=O)C1. The number of amides is 2. The van der Waals surface area contributed by atoms with Crippen LogP contribution in [-0.4, -0.2) is 45.1 Å². The maximum Gasteiger partial charge on any atom is 0.312 e. The van der Waals surface area contributed by atoms with E-state index in [-0.39, 0.29) is 11.8 Å². The lowest BCUT2D eigenvalue weighted by Crippen LogP contribution is -2.44. The van der Waals surface area contributed by atoms with Crippen LogP contribution in [0.4, 0.5) is 4.79 Å². The molecule has 0 spiro atoms. The zero-order valence-corrected chi connectivity index (χ0v) is 9.35.